The molecule has 3 heterocycles. The van der Waals surface area contributed by atoms with Crippen molar-refractivity contribution in [3.8, 4) is 11.5 Å². The fourth-order valence-corrected chi connectivity index (χ4v) is 9.84. The summed E-state index contributed by atoms with van der Waals surface area (Å²) >= 11 is 0. The fraction of sp³-hybridized carbons (Fsp3) is 0.586. The first-order valence-corrected chi connectivity index (χ1v) is 13.0. The highest BCUT2D eigenvalue weighted by Crippen LogP contribution is 2.78. The third-order valence-electron chi connectivity index (χ3n) is 11.1. The molecule has 7 atom stereocenters. The Labute approximate surface area is 201 Å². The zero-order valence-corrected chi connectivity index (χ0v) is 20.0. The molecule has 9 rings (SSSR count). The van der Waals surface area contributed by atoms with Crippen LogP contribution in [0, 0.1) is 11.3 Å². The number of fused-ring (bicyclic) bond motifs is 1. The Balaban J connectivity index is 1.34. The van der Waals surface area contributed by atoms with Gasteiger partial charge in [-0.2, -0.15) is 0 Å². The summed E-state index contributed by atoms with van der Waals surface area (Å²) in [5.74, 6) is 1.28. The molecular weight excluding hydrogens is 426 g/mol. The van der Waals surface area contributed by atoms with Crippen LogP contribution in [0.4, 0.5) is 0 Å². The lowest BCUT2D eigenvalue weighted by Gasteiger charge is -2.76. The van der Waals surface area contributed by atoms with Gasteiger partial charge in [-0.15, -0.1) is 0 Å². The number of phenolic OH excluding ortho intramolecular Hbond substituents is 1. The summed E-state index contributed by atoms with van der Waals surface area (Å²) in [6, 6.07) is 15.2. The number of nitrogens with zero attached hydrogens (tertiary/aromatic N) is 1. The molecule has 4 aliphatic carbocycles. The molecule has 34 heavy (non-hydrogen) atoms. The molecule has 178 valence electrons. The van der Waals surface area contributed by atoms with Crippen LogP contribution in [0.2, 0.25) is 0 Å². The quantitative estimate of drug-likeness (QED) is 0.730. The van der Waals surface area contributed by atoms with E-state index in [0.717, 1.165) is 50.8 Å². The molecule has 0 unspecified atom stereocenters. The van der Waals surface area contributed by atoms with E-state index in [9.17, 15) is 5.11 Å². The average Bonchev–Trinajstić information content (AvgIpc) is 3.21. The lowest BCUT2D eigenvalue weighted by molar-refractivity contribution is -0.374. The number of ether oxygens (including phenoxy) is 3. The minimum Gasteiger partial charge on any atom is -0.504 e. The minimum atomic E-state index is -0.385. The van der Waals surface area contributed by atoms with Crippen molar-refractivity contribution in [1.82, 2.24) is 4.90 Å². The normalized spacial score (nSPS) is 45.4. The predicted octanol–water partition coefficient (Wildman–Crippen LogP) is 4.20. The van der Waals surface area contributed by atoms with E-state index in [-0.39, 0.29) is 34.1 Å². The molecule has 0 aromatic heterocycles. The smallest absolute Gasteiger partial charge is 0.165 e. The first-order chi connectivity index (χ1) is 16.4. The van der Waals surface area contributed by atoms with Gasteiger partial charge in [0, 0.05) is 34.8 Å². The predicted molar refractivity (Wildman–Crippen MR) is 127 cm³/mol. The monoisotopic (exact) mass is 459 g/mol. The van der Waals surface area contributed by atoms with Gasteiger partial charge in [0.2, 0.25) is 0 Å². The molecule has 3 saturated carbocycles. The average molecular weight is 460 g/mol. The van der Waals surface area contributed by atoms with E-state index >= 15 is 0 Å². The summed E-state index contributed by atoms with van der Waals surface area (Å²) in [4.78, 5) is 2.62. The summed E-state index contributed by atoms with van der Waals surface area (Å²) in [6.45, 7) is 3.69. The molecule has 3 aliphatic heterocycles. The number of rotatable bonds is 2. The van der Waals surface area contributed by atoms with Gasteiger partial charge in [0.25, 0.3) is 0 Å². The standard InChI is InChI=1S/C29H33NO4/c1-26(15-18-6-4-3-5-7-18)21-16-27-10-11-29(21,33-17-32-26)25-28(27)12-13-30(2)22(27)14-19-8-9-20(31)24(34-25)23(19)28/h3-9,21-22,25,31H,10-17H2,1-2H3/t21-,22-,25-,26-,27+,28+,29-/m1/s1. The van der Waals surface area contributed by atoms with Crippen LogP contribution >= 0.6 is 0 Å². The van der Waals surface area contributed by atoms with Gasteiger partial charge in [-0.25, -0.2) is 0 Å². The first-order valence-electron chi connectivity index (χ1n) is 13.0. The van der Waals surface area contributed by atoms with Gasteiger partial charge in [-0.1, -0.05) is 36.4 Å². The molecule has 2 saturated heterocycles. The van der Waals surface area contributed by atoms with E-state index in [1.165, 1.54) is 16.7 Å². The number of benzene rings is 2. The van der Waals surface area contributed by atoms with Gasteiger partial charge in [0.15, 0.2) is 11.5 Å². The van der Waals surface area contributed by atoms with Crippen LogP contribution in [-0.2, 0) is 27.7 Å². The van der Waals surface area contributed by atoms with Gasteiger partial charge in [-0.05, 0) is 69.8 Å². The summed E-state index contributed by atoms with van der Waals surface area (Å²) in [7, 11) is 2.32. The summed E-state index contributed by atoms with van der Waals surface area (Å²) < 4.78 is 20.2. The number of hydrogen-bond donors (Lipinski definition) is 1. The second kappa shape index (κ2) is 6.18. The summed E-state index contributed by atoms with van der Waals surface area (Å²) in [5.41, 5.74) is 3.34. The largest absolute Gasteiger partial charge is 0.504 e. The maximum absolute atomic E-state index is 10.9. The lowest BCUT2D eigenvalue weighted by atomic mass is 9.33. The van der Waals surface area contributed by atoms with E-state index in [4.69, 9.17) is 14.2 Å². The van der Waals surface area contributed by atoms with Gasteiger partial charge in [-0.3, -0.25) is 0 Å². The van der Waals surface area contributed by atoms with Gasteiger partial charge < -0.3 is 24.2 Å². The maximum Gasteiger partial charge on any atom is 0.165 e. The molecule has 0 radical (unpaired) electrons. The SMILES string of the molecule is CN1CC[C@]23c4c5ccc(O)c4O[C@H]2[C@@]24CC[C@]3(C[C@@H]2[C@@](C)(Cc2ccccc2)OCO4)[C@H]1C5. The van der Waals surface area contributed by atoms with Crippen molar-refractivity contribution in [3.05, 3.63) is 59.2 Å². The highest BCUT2D eigenvalue weighted by atomic mass is 16.7. The van der Waals surface area contributed by atoms with Crippen molar-refractivity contribution in [2.24, 2.45) is 11.3 Å². The molecule has 4 bridgehead atoms. The Morgan fingerprint density at radius 3 is 2.76 bits per heavy atom. The molecule has 5 fully saturated rings. The molecule has 1 N–H and O–H groups in total. The Morgan fingerprint density at radius 2 is 1.91 bits per heavy atom. The summed E-state index contributed by atoms with van der Waals surface area (Å²) in [5, 5.41) is 10.9. The number of likely N-dealkylation sites (tertiary alicyclic amines) is 1. The summed E-state index contributed by atoms with van der Waals surface area (Å²) in [6.07, 6.45) is 6.18. The van der Waals surface area contributed by atoms with Crippen molar-refractivity contribution >= 4 is 0 Å². The lowest BCUT2D eigenvalue weighted by Crippen LogP contribution is -2.83. The number of likely N-dealkylation sites (N-methyl/N-ethyl adjacent to an activating group) is 1. The van der Waals surface area contributed by atoms with Crippen LogP contribution in [-0.4, -0.2) is 53.7 Å². The third-order valence-corrected chi connectivity index (χ3v) is 11.1. The highest BCUT2D eigenvalue weighted by molar-refractivity contribution is 5.63. The molecular formula is C29H33NO4. The zero-order chi connectivity index (χ0) is 22.9. The number of piperidine rings is 1. The molecule has 2 aromatic carbocycles. The fourth-order valence-electron chi connectivity index (χ4n) is 9.84. The molecule has 0 amide bonds. The van der Waals surface area contributed by atoms with Crippen LogP contribution in [0.15, 0.2) is 42.5 Å². The number of phenols is 1. The van der Waals surface area contributed by atoms with Crippen LogP contribution in [0.25, 0.3) is 0 Å². The van der Waals surface area contributed by atoms with Crippen LogP contribution in [0.5, 0.6) is 11.5 Å². The van der Waals surface area contributed by atoms with Crippen molar-refractivity contribution in [2.75, 3.05) is 20.4 Å². The Morgan fingerprint density at radius 1 is 1.06 bits per heavy atom. The van der Waals surface area contributed by atoms with E-state index in [2.05, 4.69) is 55.3 Å². The van der Waals surface area contributed by atoms with Crippen LogP contribution in [0.1, 0.15) is 49.3 Å². The van der Waals surface area contributed by atoms with Crippen molar-refractivity contribution in [2.45, 2.75) is 74.2 Å². The van der Waals surface area contributed by atoms with Gasteiger partial charge in [0.05, 0.1) is 5.60 Å². The van der Waals surface area contributed by atoms with E-state index < -0.39 is 0 Å². The number of hydrogen-bond acceptors (Lipinski definition) is 5. The third kappa shape index (κ3) is 2.03. The van der Waals surface area contributed by atoms with Crippen molar-refractivity contribution in [3.63, 3.8) is 0 Å². The second-order valence-electron chi connectivity index (χ2n) is 12.1. The molecule has 7 aliphatic rings. The van der Waals surface area contributed by atoms with Crippen LogP contribution in [0.3, 0.4) is 0 Å². The Bertz CT molecular complexity index is 1200. The van der Waals surface area contributed by atoms with Gasteiger partial charge >= 0.3 is 0 Å². The first kappa shape index (κ1) is 20.1. The van der Waals surface area contributed by atoms with Gasteiger partial charge in [0.1, 0.15) is 18.5 Å². The number of aromatic hydroxyl groups is 1. The van der Waals surface area contributed by atoms with Crippen molar-refractivity contribution < 1.29 is 19.3 Å². The minimum absolute atomic E-state index is 0.0648. The second-order valence-corrected chi connectivity index (χ2v) is 12.1. The van der Waals surface area contributed by atoms with E-state index in [0.29, 0.717) is 18.6 Å². The van der Waals surface area contributed by atoms with E-state index in [1.807, 2.05) is 6.07 Å². The van der Waals surface area contributed by atoms with Crippen LogP contribution < -0.4 is 4.74 Å². The molecule has 3 spiro atoms. The molecule has 5 heteroatoms. The van der Waals surface area contributed by atoms with E-state index in [1.54, 1.807) is 0 Å². The molecule has 2 aromatic rings. The van der Waals surface area contributed by atoms with Crippen molar-refractivity contribution in [1.29, 1.82) is 0 Å². The maximum atomic E-state index is 10.9. The Hall–Kier alpha value is -2.08. The Kier molecular flexibility index (Phi) is 3.66. The zero-order valence-electron chi connectivity index (χ0n) is 20.0. The highest BCUT2D eigenvalue weighted by Gasteiger charge is 2.82. The molecule has 5 nitrogen and oxygen atoms in total. The topological polar surface area (TPSA) is 51.2 Å².